The molecule has 0 N–H and O–H groups in total. The molecule has 2 heterocycles. The highest BCUT2D eigenvalue weighted by molar-refractivity contribution is 6.62. The topological polar surface area (TPSA) is 21.7 Å². The maximum atomic E-state index is 6.06. The number of hydrogen-bond donors (Lipinski definition) is 0. The summed E-state index contributed by atoms with van der Waals surface area (Å²) in [5.74, 6) is 0. The van der Waals surface area contributed by atoms with Gasteiger partial charge in [0.05, 0.1) is 0 Å². The highest BCUT2D eigenvalue weighted by atomic mass is 16.6. The van der Waals surface area contributed by atoms with E-state index in [4.69, 9.17) is 9.31 Å². The highest BCUT2D eigenvalue weighted by Crippen LogP contribution is 2.37. The molecule has 1 aromatic carbocycles. The predicted octanol–water partition coefficient (Wildman–Crippen LogP) is 3.39. The van der Waals surface area contributed by atoms with Gasteiger partial charge in [0.15, 0.2) is 0 Å². The standard InChI is InChI=1S/C19H30BNO2/c1-18(2,3)21-12-8-11-17(21)15-9-6-7-10-16(15)20-22-13-19(4,5)14-23-20/h6-7,9-10,17H,8,11-14H2,1-5H3/t17-/m0/s1. The van der Waals surface area contributed by atoms with E-state index in [2.05, 4.69) is 63.8 Å². The first-order chi connectivity index (χ1) is 10.8. The lowest BCUT2D eigenvalue weighted by molar-refractivity contribution is 0.0340. The van der Waals surface area contributed by atoms with Crippen LogP contribution in [0.2, 0.25) is 0 Å². The Balaban J connectivity index is 1.87. The van der Waals surface area contributed by atoms with Crippen LogP contribution in [-0.2, 0) is 9.31 Å². The first-order valence-electron chi connectivity index (χ1n) is 8.87. The lowest BCUT2D eigenvalue weighted by Gasteiger charge is -2.39. The molecule has 2 aliphatic rings. The molecule has 0 amide bonds. The summed E-state index contributed by atoms with van der Waals surface area (Å²) >= 11 is 0. The van der Waals surface area contributed by atoms with Crippen molar-refractivity contribution < 1.29 is 9.31 Å². The van der Waals surface area contributed by atoms with Gasteiger partial charge in [-0.25, -0.2) is 0 Å². The van der Waals surface area contributed by atoms with Crippen molar-refractivity contribution in [3.05, 3.63) is 29.8 Å². The molecular formula is C19H30BNO2. The summed E-state index contributed by atoms with van der Waals surface area (Å²) in [5, 5.41) is 0. The van der Waals surface area contributed by atoms with Crippen LogP contribution in [0.15, 0.2) is 24.3 Å². The number of likely N-dealkylation sites (tertiary alicyclic amines) is 1. The molecular weight excluding hydrogens is 285 g/mol. The van der Waals surface area contributed by atoms with Gasteiger partial charge in [-0.2, -0.15) is 0 Å². The van der Waals surface area contributed by atoms with E-state index in [0.29, 0.717) is 6.04 Å². The fourth-order valence-electron chi connectivity index (χ4n) is 3.79. The smallest absolute Gasteiger partial charge is 0.407 e. The van der Waals surface area contributed by atoms with E-state index in [9.17, 15) is 0 Å². The van der Waals surface area contributed by atoms with Gasteiger partial charge < -0.3 is 9.31 Å². The third-order valence-electron chi connectivity index (χ3n) is 4.97. The molecule has 2 aliphatic heterocycles. The first kappa shape index (κ1) is 17.0. The van der Waals surface area contributed by atoms with Gasteiger partial charge in [-0.15, -0.1) is 0 Å². The molecule has 2 saturated heterocycles. The molecule has 1 atom stereocenters. The van der Waals surface area contributed by atoms with Crippen molar-refractivity contribution in [3.63, 3.8) is 0 Å². The maximum Gasteiger partial charge on any atom is 0.494 e. The first-order valence-corrected chi connectivity index (χ1v) is 8.87. The van der Waals surface area contributed by atoms with Gasteiger partial charge in [0.25, 0.3) is 0 Å². The predicted molar refractivity (Wildman–Crippen MR) is 95.9 cm³/mol. The Bertz CT molecular complexity index is 543. The van der Waals surface area contributed by atoms with E-state index in [1.54, 1.807) is 0 Å². The quantitative estimate of drug-likeness (QED) is 0.781. The molecule has 0 spiro atoms. The van der Waals surface area contributed by atoms with Crippen LogP contribution >= 0.6 is 0 Å². The van der Waals surface area contributed by atoms with Crippen molar-refractivity contribution in [2.75, 3.05) is 19.8 Å². The van der Waals surface area contributed by atoms with Crippen molar-refractivity contribution in [2.45, 2.75) is 59.0 Å². The second kappa shape index (κ2) is 6.23. The van der Waals surface area contributed by atoms with Crippen LogP contribution in [0.25, 0.3) is 0 Å². The van der Waals surface area contributed by atoms with Gasteiger partial charge in [0.2, 0.25) is 0 Å². The molecule has 0 saturated carbocycles. The van der Waals surface area contributed by atoms with Crippen molar-refractivity contribution in [3.8, 4) is 0 Å². The summed E-state index contributed by atoms with van der Waals surface area (Å²) < 4.78 is 12.1. The van der Waals surface area contributed by atoms with Crippen LogP contribution in [0.4, 0.5) is 0 Å². The molecule has 0 aliphatic carbocycles. The van der Waals surface area contributed by atoms with Crippen LogP contribution in [0.1, 0.15) is 59.1 Å². The fourth-order valence-corrected chi connectivity index (χ4v) is 3.79. The summed E-state index contributed by atoms with van der Waals surface area (Å²) in [6.07, 6.45) is 2.47. The minimum absolute atomic E-state index is 0.107. The van der Waals surface area contributed by atoms with Crippen molar-refractivity contribution in [2.24, 2.45) is 5.41 Å². The number of nitrogens with zero attached hydrogens (tertiary/aromatic N) is 1. The SMILES string of the molecule is CC1(C)COB(c2ccccc2[C@@H]2CCCN2C(C)(C)C)OC1. The molecule has 3 rings (SSSR count). The zero-order valence-electron chi connectivity index (χ0n) is 15.3. The average Bonchev–Trinajstić information content (AvgIpc) is 2.97. The summed E-state index contributed by atoms with van der Waals surface area (Å²) in [4.78, 5) is 2.62. The Morgan fingerprint density at radius 1 is 1.13 bits per heavy atom. The van der Waals surface area contributed by atoms with Crippen molar-refractivity contribution >= 4 is 12.6 Å². The van der Waals surface area contributed by atoms with Gasteiger partial charge >= 0.3 is 7.12 Å². The number of rotatable bonds is 2. The minimum Gasteiger partial charge on any atom is -0.407 e. The van der Waals surface area contributed by atoms with E-state index >= 15 is 0 Å². The van der Waals surface area contributed by atoms with E-state index in [1.807, 2.05) is 0 Å². The number of hydrogen-bond acceptors (Lipinski definition) is 3. The molecule has 4 heteroatoms. The van der Waals surface area contributed by atoms with E-state index in [0.717, 1.165) is 13.2 Å². The summed E-state index contributed by atoms with van der Waals surface area (Å²) in [7, 11) is -0.221. The minimum atomic E-state index is -0.221. The third-order valence-corrected chi connectivity index (χ3v) is 4.97. The van der Waals surface area contributed by atoms with E-state index in [-0.39, 0.29) is 18.1 Å². The molecule has 3 nitrogen and oxygen atoms in total. The molecule has 126 valence electrons. The van der Waals surface area contributed by atoms with Gasteiger partial charge in [-0.05, 0) is 51.2 Å². The molecule has 0 aromatic heterocycles. The van der Waals surface area contributed by atoms with Crippen LogP contribution in [-0.4, -0.2) is 37.3 Å². The number of benzene rings is 1. The Labute approximate surface area is 141 Å². The molecule has 2 fully saturated rings. The van der Waals surface area contributed by atoms with Crippen LogP contribution < -0.4 is 5.46 Å². The lowest BCUT2D eigenvalue weighted by Crippen LogP contribution is -2.50. The van der Waals surface area contributed by atoms with Gasteiger partial charge in [0.1, 0.15) is 0 Å². The Morgan fingerprint density at radius 3 is 2.43 bits per heavy atom. The zero-order valence-corrected chi connectivity index (χ0v) is 15.3. The molecule has 23 heavy (non-hydrogen) atoms. The Morgan fingerprint density at radius 2 is 1.78 bits per heavy atom. The van der Waals surface area contributed by atoms with Gasteiger partial charge in [0, 0.05) is 30.2 Å². The maximum absolute atomic E-state index is 6.06. The molecule has 1 aromatic rings. The monoisotopic (exact) mass is 315 g/mol. The van der Waals surface area contributed by atoms with Crippen LogP contribution in [0, 0.1) is 5.41 Å². The molecule has 0 bridgehead atoms. The van der Waals surface area contributed by atoms with Crippen LogP contribution in [0.3, 0.4) is 0 Å². The second-order valence-corrected chi connectivity index (χ2v) is 8.77. The summed E-state index contributed by atoms with van der Waals surface area (Å²) in [5.41, 5.74) is 2.88. The lowest BCUT2D eigenvalue weighted by atomic mass is 9.71. The van der Waals surface area contributed by atoms with Crippen LogP contribution in [0.5, 0.6) is 0 Å². The Kier molecular flexibility index (Phi) is 4.61. The van der Waals surface area contributed by atoms with E-state index < -0.39 is 0 Å². The second-order valence-electron chi connectivity index (χ2n) is 8.77. The largest absolute Gasteiger partial charge is 0.494 e. The highest BCUT2D eigenvalue weighted by Gasteiger charge is 2.39. The normalized spacial score (nSPS) is 25.8. The van der Waals surface area contributed by atoms with Gasteiger partial charge in [-0.3, -0.25) is 4.90 Å². The Hall–Kier alpha value is -0.835. The van der Waals surface area contributed by atoms with Crippen molar-refractivity contribution in [1.29, 1.82) is 0 Å². The zero-order chi connectivity index (χ0) is 16.7. The molecule has 0 radical (unpaired) electrons. The summed E-state index contributed by atoms with van der Waals surface area (Å²) in [6.45, 7) is 14.0. The average molecular weight is 315 g/mol. The molecule has 0 unspecified atom stereocenters. The van der Waals surface area contributed by atoms with Crippen molar-refractivity contribution in [1.82, 2.24) is 4.90 Å². The third kappa shape index (κ3) is 3.65. The summed E-state index contributed by atoms with van der Waals surface area (Å²) in [6, 6.07) is 9.15. The van der Waals surface area contributed by atoms with Gasteiger partial charge in [-0.1, -0.05) is 38.1 Å². The fraction of sp³-hybridized carbons (Fsp3) is 0.684. The van der Waals surface area contributed by atoms with E-state index in [1.165, 1.54) is 30.4 Å².